The lowest BCUT2D eigenvalue weighted by atomic mass is 9.79. The number of Topliss-reactive ketones (excluding diaryl/α,β-unsaturated/α-hetero) is 1. The summed E-state index contributed by atoms with van der Waals surface area (Å²) in [4.78, 5) is 42.8. The molecule has 1 aromatic heterocycles. The van der Waals surface area contributed by atoms with Crippen molar-refractivity contribution in [2.45, 2.75) is 53.4 Å². The second-order valence-electron chi connectivity index (χ2n) is 6.95. The molecule has 0 aliphatic carbocycles. The van der Waals surface area contributed by atoms with Gasteiger partial charge in [0, 0.05) is 5.92 Å². The van der Waals surface area contributed by atoms with Gasteiger partial charge in [-0.3, -0.25) is 14.4 Å². The number of esters is 1. The number of aliphatic carboxylic acids is 1. The molecule has 132 valence electrons. The largest absolute Gasteiger partial charge is 0.481 e. The van der Waals surface area contributed by atoms with Crippen molar-refractivity contribution in [1.29, 1.82) is 0 Å². The third kappa shape index (κ3) is 6.06. The van der Waals surface area contributed by atoms with Crippen molar-refractivity contribution in [3.63, 3.8) is 0 Å². The van der Waals surface area contributed by atoms with Crippen LogP contribution in [0.3, 0.4) is 0 Å². The Bertz CT molecular complexity index is 594. The molecule has 0 aliphatic rings. The van der Waals surface area contributed by atoms with Gasteiger partial charge in [0.1, 0.15) is 17.5 Å². The summed E-state index contributed by atoms with van der Waals surface area (Å²) in [5, 5.41) is 9.09. The van der Waals surface area contributed by atoms with Crippen molar-refractivity contribution < 1.29 is 24.2 Å². The summed E-state index contributed by atoms with van der Waals surface area (Å²) in [5.41, 5.74) is -0.690. The van der Waals surface area contributed by atoms with E-state index in [4.69, 9.17) is 9.84 Å². The number of nitrogens with zero attached hydrogens (tertiary/aromatic N) is 2. The smallest absolute Gasteiger partial charge is 0.314 e. The van der Waals surface area contributed by atoms with Gasteiger partial charge in [0.2, 0.25) is 0 Å². The molecular formula is C17H24N2O5. The fourth-order valence-electron chi connectivity index (χ4n) is 2.26. The van der Waals surface area contributed by atoms with Gasteiger partial charge >= 0.3 is 11.9 Å². The van der Waals surface area contributed by atoms with Crippen LogP contribution in [0.1, 0.15) is 59.2 Å². The van der Waals surface area contributed by atoms with Gasteiger partial charge in [0.05, 0.1) is 18.8 Å². The molecule has 0 bridgehead atoms. The molecule has 1 atom stereocenters. The SMILES string of the molecule is CC(=O)C(CC(C)(C)CC(=O)Oc1cnc(C(C)C)nc1)C(=O)O. The molecule has 0 aliphatic heterocycles. The van der Waals surface area contributed by atoms with Gasteiger partial charge in [-0.15, -0.1) is 0 Å². The highest BCUT2D eigenvalue weighted by atomic mass is 16.5. The van der Waals surface area contributed by atoms with E-state index in [9.17, 15) is 14.4 Å². The maximum Gasteiger partial charge on any atom is 0.314 e. The normalized spacial score (nSPS) is 12.8. The molecule has 0 saturated heterocycles. The summed E-state index contributed by atoms with van der Waals surface area (Å²) in [5.74, 6) is -2.19. The minimum absolute atomic E-state index is 0.0179. The highest BCUT2D eigenvalue weighted by Gasteiger charge is 2.33. The van der Waals surface area contributed by atoms with E-state index in [0.717, 1.165) is 0 Å². The van der Waals surface area contributed by atoms with E-state index in [2.05, 4.69) is 9.97 Å². The first kappa shape index (κ1) is 19.7. The number of carboxylic acids is 1. The second-order valence-corrected chi connectivity index (χ2v) is 6.95. The molecule has 0 spiro atoms. The standard InChI is InChI=1S/C17H24N2O5/c1-10(2)15-18-8-12(9-19-15)24-14(21)7-17(4,5)6-13(11(3)20)16(22)23/h8-10,13H,6-7H2,1-5H3,(H,22,23). The number of hydrogen-bond acceptors (Lipinski definition) is 6. The van der Waals surface area contributed by atoms with Crippen molar-refractivity contribution in [1.82, 2.24) is 9.97 Å². The van der Waals surface area contributed by atoms with Crippen molar-refractivity contribution in [2.75, 3.05) is 0 Å². The Hall–Kier alpha value is -2.31. The Labute approximate surface area is 141 Å². The molecule has 1 N–H and O–H groups in total. The van der Waals surface area contributed by atoms with Crippen LogP contribution in [0.2, 0.25) is 0 Å². The van der Waals surface area contributed by atoms with Crippen molar-refractivity contribution in [3.05, 3.63) is 18.2 Å². The van der Waals surface area contributed by atoms with Crippen molar-refractivity contribution in [2.24, 2.45) is 11.3 Å². The molecule has 0 radical (unpaired) electrons. The van der Waals surface area contributed by atoms with Crippen LogP contribution < -0.4 is 4.74 Å². The number of rotatable bonds is 8. The van der Waals surface area contributed by atoms with Gasteiger partial charge < -0.3 is 9.84 Å². The summed E-state index contributed by atoms with van der Waals surface area (Å²) in [6.07, 6.45) is 2.91. The van der Waals surface area contributed by atoms with E-state index in [1.54, 1.807) is 13.8 Å². The zero-order chi connectivity index (χ0) is 18.5. The first-order valence-electron chi connectivity index (χ1n) is 7.77. The lowest BCUT2D eigenvalue weighted by molar-refractivity contribution is -0.148. The van der Waals surface area contributed by atoms with Crippen LogP contribution in [0.15, 0.2) is 12.4 Å². The molecule has 1 heterocycles. The lowest BCUT2D eigenvalue weighted by Crippen LogP contribution is -2.30. The number of carbonyl (C=O) groups is 3. The molecule has 1 aromatic rings. The molecule has 0 fully saturated rings. The van der Waals surface area contributed by atoms with E-state index in [-0.39, 0.29) is 24.5 Å². The van der Waals surface area contributed by atoms with Gasteiger partial charge in [-0.25, -0.2) is 9.97 Å². The first-order chi connectivity index (χ1) is 11.0. The molecule has 7 heteroatoms. The van der Waals surface area contributed by atoms with Gasteiger partial charge in [0.25, 0.3) is 0 Å². The summed E-state index contributed by atoms with van der Waals surface area (Å²) in [6.45, 7) is 8.60. The molecule has 0 amide bonds. The van der Waals surface area contributed by atoms with Gasteiger partial charge in [-0.05, 0) is 18.8 Å². The maximum atomic E-state index is 12.1. The molecule has 1 rings (SSSR count). The Morgan fingerprint density at radius 3 is 2.17 bits per heavy atom. The first-order valence-corrected chi connectivity index (χ1v) is 7.77. The van der Waals surface area contributed by atoms with Gasteiger partial charge in [-0.1, -0.05) is 27.7 Å². The van der Waals surface area contributed by atoms with Crippen LogP contribution in [-0.4, -0.2) is 32.8 Å². The Morgan fingerprint density at radius 1 is 1.21 bits per heavy atom. The monoisotopic (exact) mass is 336 g/mol. The quantitative estimate of drug-likeness (QED) is 0.574. The zero-order valence-electron chi connectivity index (χ0n) is 14.7. The highest BCUT2D eigenvalue weighted by molar-refractivity contribution is 5.96. The minimum atomic E-state index is -1.18. The number of aromatic nitrogens is 2. The number of ether oxygens (including phenoxy) is 1. The number of carbonyl (C=O) groups excluding carboxylic acids is 2. The molecule has 0 aromatic carbocycles. The molecule has 1 unspecified atom stereocenters. The summed E-state index contributed by atoms with van der Waals surface area (Å²) in [6, 6.07) is 0. The molecule has 0 saturated carbocycles. The van der Waals surface area contributed by atoms with Crippen molar-refractivity contribution in [3.8, 4) is 5.75 Å². The van der Waals surface area contributed by atoms with Crippen LogP contribution in [0.4, 0.5) is 0 Å². The predicted molar refractivity (Wildman–Crippen MR) is 86.6 cm³/mol. The van der Waals surface area contributed by atoms with E-state index >= 15 is 0 Å². The number of ketones is 1. The maximum absolute atomic E-state index is 12.1. The fourth-order valence-corrected chi connectivity index (χ4v) is 2.26. The fraction of sp³-hybridized carbons (Fsp3) is 0.588. The third-order valence-electron chi connectivity index (χ3n) is 3.56. The highest BCUT2D eigenvalue weighted by Crippen LogP contribution is 2.30. The average Bonchev–Trinajstić information content (AvgIpc) is 2.44. The van der Waals surface area contributed by atoms with Gasteiger partial charge in [0.15, 0.2) is 5.75 Å². The summed E-state index contributed by atoms with van der Waals surface area (Å²) >= 11 is 0. The molecule has 7 nitrogen and oxygen atoms in total. The second kappa shape index (κ2) is 7.99. The van der Waals surface area contributed by atoms with E-state index < -0.39 is 29.1 Å². The Kier molecular flexibility index (Phi) is 6.57. The number of carboxylic acid groups (broad SMARTS) is 1. The lowest BCUT2D eigenvalue weighted by Gasteiger charge is -2.25. The Morgan fingerprint density at radius 2 is 1.75 bits per heavy atom. The van der Waals surface area contributed by atoms with E-state index in [0.29, 0.717) is 5.82 Å². The van der Waals surface area contributed by atoms with E-state index in [1.807, 2.05) is 13.8 Å². The van der Waals surface area contributed by atoms with Crippen LogP contribution in [0.5, 0.6) is 5.75 Å². The van der Waals surface area contributed by atoms with Crippen LogP contribution >= 0.6 is 0 Å². The van der Waals surface area contributed by atoms with Crippen molar-refractivity contribution >= 4 is 17.7 Å². The topological polar surface area (TPSA) is 106 Å². The Balaban J connectivity index is 2.68. The van der Waals surface area contributed by atoms with Crippen LogP contribution in [0.25, 0.3) is 0 Å². The third-order valence-corrected chi connectivity index (χ3v) is 3.56. The van der Waals surface area contributed by atoms with E-state index in [1.165, 1.54) is 19.3 Å². The van der Waals surface area contributed by atoms with Gasteiger partial charge in [-0.2, -0.15) is 0 Å². The molecule has 24 heavy (non-hydrogen) atoms. The number of hydrogen-bond donors (Lipinski definition) is 1. The zero-order valence-corrected chi connectivity index (χ0v) is 14.7. The predicted octanol–water partition coefficient (Wildman–Crippen LogP) is 2.60. The van der Waals surface area contributed by atoms with Crippen LogP contribution in [0, 0.1) is 11.3 Å². The van der Waals surface area contributed by atoms with Crippen LogP contribution in [-0.2, 0) is 14.4 Å². The molecular weight excluding hydrogens is 312 g/mol. The minimum Gasteiger partial charge on any atom is -0.481 e. The summed E-state index contributed by atoms with van der Waals surface area (Å²) in [7, 11) is 0. The average molecular weight is 336 g/mol. The summed E-state index contributed by atoms with van der Waals surface area (Å²) < 4.78 is 5.19.